The Morgan fingerprint density at radius 1 is 0.923 bits per heavy atom. The SMILES string of the molecule is C/C=C/CCc1ccc(-c2ccc(C3CCC(CCCC)C3)cc2)cc1. The second-order valence-electron chi connectivity index (χ2n) is 7.94. The Bertz CT molecular complexity index is 675. The van der Waals surface area contributed by atoms with Gasteiger partial charge in [-0.05, 0) is 73.1 Å². The number of aryl methyl sites for hydroxylation is 1. The van der Waals surface area contributed by atoms with Crippen molar-refractivity contribution in [3.8, 4) is 11.1 Å². The quantitative estimate of drug-likeness (QED) is 0.426. The van der Waals surface area contributed by atoms with Gasteiger partial charge < -0.3 is 0 Å². The molecule has 0 spiro atoms. The van der Waals surface area contributed by atoms with Crippen LogP contribution in [0, 0.1) is 5.92 Å². The standard InChI is InChI=1S/C26H34/c1-3-5-7-9-21-10-13-23(14-11-21)24-16-18-25(19-17-24)26-15-12-22(20-26)8-6-4-2/h3,5,10-11,13-14,16-19,22,26H,4,6-9,12,15,20H2,1-2H3/b5-3+. The van der Waals surface area contributed by atoms with Crippen LogP contribution in [0.1, 0.15) is 75.8 Å². The normalized spacial score (nSPS) is 20.1. The lowest BCUT2D eigenvalue weighted by Crippen LogP contribution is -1.96. The smallest absolute Gasteiger partial charge is 0.0159 e. The second-order valence-corrected chi connectivity index (χ2v) is 7.94. The first-order valence-corrected chi connectivity index (χ1v) is 10.6. The van der Waals surface area contributed by atoms with Crippen LogP contribution in [0.2, 0.25) is 0 Å². The summed E-state index contributed by atoms with van der Waals surface area (Å²) in [5.74, 6) is 1.76. The van der Waals surface area contributed by atoms with E-state index in [1.165, 1.54) is 55.2 Å². The molecule has 2 unspecified atom stereocenters. The molecule has 3 rings (SSSR count). The number of hydrogen-bond acceptors (Lipinski definition) is 0. The number of allylic oxidation sites excluding steroid dienone is 2. The maximum atomic E-state index is 2.38. The van der Waals surface area contributed by atoms with Gasteiger partial charge in [-0.3, -0.25) is 0 Å². The molecule has 138 valence electrons. The highest BCUT2D eigenvalue weighted by Crippen LogP contribution is 2.40. The van der Waals surface area contributed by atoms with E-state index in [9.17, 15) is 0 Å². The van der Waals surface area contributed by atoms with Crippen molar-refractivity contribution in [1.29, 1.82) is 0 Å². The van der Waals surface area contributed by atoms with E-state index in [4.69, 9.17) is 0 Å². The molecule has 26 heavy (non-hydrogen) atoms. The molecule has 2 aromatic carbocycles. The van der Waals surface area contributed by atoms with Crippen molar-refractivity contribution in [2.75, 3.05) is 0 Å². The van der Waals surface area contributed by atoms with Crippen LogP contribution in [-0.2, 0) is 6.42 Å². The van der Waals surface area contributed by atoms with E-state index in [2.05, 4.69) is 74.5 Å². The van der Waals surface area contributed by atoms with Crippen molar-refractivity contribution in [2.45, 2.75) is 71.1 Å². The Labute approximate surface area is 160 Å². The Morgan fingerprint density at radius 3 is 2.27 bits per heavy atom. The molecule has 0 bridgehead atoms. The molecule has 0 heterocycles. The lowest BCUT2D eigenvalue weighted by Gasteiger charge is -2.12. The highest BCUT2D eigenvalue weighted by Gasteiger charge is 2.25. The van der Waals surface area contributed by atoms with Crippen molar-refractivity contribution in [1.82, 2.24) is 0 Å². The number of benzene rings is 2. The van der Waals surface area contributed by atoms with Gasteiger partial charge in [0.2, 0.25) is 0 Å². The third-order valence-electron chi connectivity index (χ3n) is 6.01. The molecule has 2 aromatic rings. The summed E-state index contributed by atoms with van der Waals surface area (Å²) in [5.41, 5.74) is 5.65. The maximum absolute atomic E-state index is 2.38. The molecule has 1 saturated carbocycles. The molecule has 0 aliphatic heterocycles. The predicted octanol–water partition coefficient (Wildman–Crippen LogP) is 7.94. The summed E-state index contributed by atoms with van der Waals surface area (Å²) in [6.45, 7) is 4.39. The Morgan fingerprint density at radius 2 is 1.62 bits per heavy atom. The van der Waals surface area contributed by atoms with Crippen LogP contribution >= 0.6 is 0 Å². The molecule has 0 N–H and O–H groups in total. The van der Waals surface area contributed by atoms with E-state index in [0.717, 1.165) is 24.7 Å². The molecule has 0 amide bonds. The molecular formula is C26H34. The average molecular weight is 347 g/mol. The third kappa shape index (κ3) is 5.10. The van der Waals surface area contributed by atoms with Crippen LogP contribution < -0.4 is 0 Å². The molecule has 1 aliphatic carbocycles. The zero-order valence-corrected chi connectivity index (χ0v) is 16.6. The highest BCUT2D eigenvalue weighted by atomic mass is 14.3. The third-order valence-corrected chi connectivity index (χ3v) is 6.01. The van der Waals surface area contributed by atoms with Crippen molar-refractivity contribution in [3.05, 3.63) is 71.8 Å². The Balaban J connectivity index is 1.59. The first-order chi connectivity index (χ1) is 12.8. The fraction of sp³-hybridized carbons (Fsp3) is 0.462. The second kappa shape index (κ2) is 9.76. The summed E-state index contributed by atoms with van der Waals surface area (Å²) in [6, 6.07) is 18.5. The van der Waals surface area contributed by atoms with Gasteiger partial charge in [0.05, 0.1) is 0 Å². The molecule has 0 nitrogen and oxygen atoms in total. The predicted molar refractivity (Wildman–Crippen MR) is 115 cm³/mol. The summed E-state index contributed by atoms with van der Waals surface area (Å²) in [4.78, 5) is 0. The molecule has 0 aromatic heterocycles. The molecule has 0 saturated heterocycles. The molecule has 2 atom stereocenters. The Hall–Kier alpha value is -1.82. The minimum Gasteiger partial charge on any atom is -0.0917 e. The topological polar surface area (TPSA) is 0 Å². The largest absolute Gasteiger partial charge is 0.0917 e. The summed E-state index contributed by atoms with van der Waals surface area (Å²) >= 11 is 0. The number of rotatable bonds is 8. The molecule has 1 aliphatic rings. The van der Waals surface area contributed by atoms with Gasteiger partial charge in [-0.25, -0.2) is 0 Å². The van der Waals surface area contributed by atoms with Crippen molar-refractivity contribution in [3.63, 3.8) is 0 Å². The van der Waals surface area contributed by atoms with E-state index >= 15 is 0 Å². The van der Waals surface area contributed by atoms with Crippen LogP contribution in [-0.4, -0.2) is 0 Å². The first kappa shape index (κ1) is 19.0. The van der Waals surface area contributed by atoms with E-state index in [0.29, 0.717) is 0 Å². The van der Waals surface area contributed by atoms with E-state index < -0.39 is 0 Å². The van der Waals surface area contributed by atoms with Crippen molar-refractivity contribution < 1.29 is 0 Å². The number of hydrogen-bond donors (Lipinski definition) is 0. The van der Waals surface area contributed by atoms with Gasteiger partial charge in [0.15, 0.2) is 0 Å². The van der Waals surface area contributed by atoms with Crippen LogP contribution in [0.5, 0.6) is 0 Å². The number of unbranched alkanes of at least 4 members (excludes halogenated alkanes) is 1. The fourth-order valence-electron chi connectivity index (χ4n) is 4.36. The van der Waals surface area contributed by atoms with E-state index in [1.807, 2.05) is 0 Å². The van der Waals surface area contributed by atoms with Crippen LogP contribution in [0.15, 0.2) is 60.7 Å². The summed E-state index contributed by atoms with van der Waals surface area (Å²) < 4.78 is 0. The lowest BCUT2D eigenvalue weighted by molar-refractivity contribution is 0.474. The van der Waals surface area contributed by atoms with Crippen LogP contribution in [0.4, 0.5) is 0 Å². The van der Waals surface area contributed by atoms with Gasteiger partial charge in [0.25, 0.3) is 0 Å². The van der Waals surface area contributed by atoms with Crippen molar-refractivity contribution >= 4 is 0 Å². The van der Waals surface area contributed by atoms with E-state index in [1.54, 1.807) is 5.56 Å². The zero-order chi connectivity index (χ0) is 18.2. The van der Waals surface area contributed by atoms with Gasteiger partial charge in [-0.1, -0.05) is 86.9 Å². The van der Waals surface area contributed by atoms with Gasteiger partial charge in [-0.15, -0.1) is 0 Å². The summed E-state index contributed by atoms with van der Waals surface area (Å²) in [5, 5.41) is 0. The minimum absolute atomic E-state index is 0.792. The molecular weight excluding hydrogens is 312 g/mol. The minimum atomic E-state index is 0.792. The van der Waals surface area contributed by atoms with Gasteiger partial charge in [0.1, 0.15) is 0 Å². The summed E-state index contributed by atoms with van der Waals surface area (Å²) in [7, 11) is 0. The van der Waals surface area contributed by atoms with E-state index in [-0.39, 0.29) is 0 Å². The first-order valence-electron chi connectivity index (χ1n) is 10.6. The highest BCUT2D eigenvalue weighted by molar-refractivity contribution is 5.64. The van der Waals surface area contributed by atoms with Crippen molar-refractivity contribution in [2.24, 2.45) is 5.92 Å². The average Bonchev–Trinajstić information content (AvgIpc) is 3.16. The Kier molecular flexibility index (Phi) is 7.12. The van der Waals surface area contributed by atoms with Gasteiger partial charge >= 0.3 is 0 Å². The lowest BCUT2D eigenvalue weighted by atomic mass is 9.93. The molecule has 0 heteroatoms. The zero-order valence-electron chi connectivity index (χ0n) is 16.6. The maximum Gasteiger partial charge on any atom is -0.0159 e. The monoisotopic (exact) mass is 346 g/mol. The van der Waals surface area contributed by atoms with Crippen LogP contribution in [0.3, 0.4) is 0 Å². The van der Waals surface area contributed by atoms with Gasteiger partial charge in [0, 0.05) is 0 Å². The summed E-state index contributed by atoms with van der Waals surface area (Å²) in [6.07, 6.45) is 15.0. The fourth-order valence-corrected chi connectivity index (χ4v) is 4.36. The molecule has 1 fully saturated rings. The molecule has 0 radical (unpaired) electrons. The van der Waals surface area contributed by atoms with Gasteiger partial charge in [-0.2, -0.15) is 0 Å². The van der Waals surface area contributed by atoms with Crippen LogP contribution in [0.25, 0.3) is 11.1 Å².